The fraction of sp³-hybridized carbons (Fsp3) is 0.885. The molecule has 9 nitrogen and oxygen atoms in total. The van der Waals surface area contributed by atoms with E-state index in [0.29, 0.717) is 38.5 Å². The molecule has 206 valence electrons. The van der Waals surface area contributed by atoms with Crippen LogP contribution < -0.4 is 0 Å². The van der Waals surface area contributed by atoms with Crippen molar-refractivity contribution in [1.29, 1.82) is 0 Å². The van der Waals surface area contributed by atoms with Crippen LogP contribution in [0.3, 0.4) is 0 Å². The quantitative estimate of drug-likeness (QED) is 0.240. The fourth-order valence-corrected chi connectivity index (χ4v) is 8.28. The Bertz CT molecular complexity index is 948. The summed E-state index contributed by atoms with van der Waals surface area (Å²) >= 11 is 0. The molecule has 4 saturated carbocycles. The average molecular weight is 529 g/mol. The molecule has 0 aromatic heterocycles. The highest BCUT2D eigenvalue weighted by Gasteiger charge is 2.65. The number of hydrogen-bond acceptors (Lipinski definition) is 9. The van der Waals surface area contributed by atoms with Gasteiger partial charge in [0, 0.05) is 18.8 Å². The maximum atomic E-state index is 13.6. The summed E-state index contributed by atoms with van der Waals surface area (Å²) in [6.45, 7) is 2.44. The van der Waals surface area contributed by atoms with Crippen molar-refractivity contribution in [3.63, 3.8) is 0 Å². The molecule has 3 saturated heterocycles. The topological polar surface area (TPSA) is 107 Å². The molecular weight excluding hydrogens is 494 g/mol. The summed E-state index contributed by atoms with van der Waals surface area (Å²) in [5, 5.41) is 0. The molecule has 0 spiro atoms. The Labute approximate surface area is 213 Å². The second-order valence-electron chi connectivity index (χ2n) is 11.8. The van der Waals surface area contributed by atoms with Gasteiger partial charge in [0.05, 0.1) is 24.2 Å². The van der Waals surface area contributed by atoms with Gasteiger partial charge in [0.25, 0.3) is 0 Å². The average Bonchev–Trinajstić information content (AvgIpc) is 3.46. The number of halogens is 2. The first kappa shape index (κ1) is 25.4. The zero-order chi connectivity index (χ0) is 26.2. The monoisotopic (exact) mass is 528 g/mol. The van der Waals surface area contributed by atoms with E-state index in [9.17, 15) is 23.2 Å². The Balaban J connectivity index is 0.984. The molecule has 7 unspecified atom stereocenters. The second kappa shape index (κ2) is 8.84. The van der Waals surface area contributed by atoms with E-state index in [1.54, 1.807) is 0 Å². The summed E-state index contributed by atoms with van der Waals surface area (Å²) in [7, 11) is 0. The van der Waals surface area contributed by atoms with Gasteiger partial charge in [-0.2, -0.15) is 8.78 Å². The van der Waals surface area contributed by atoms with Crippen LogP contribution in [0.25, 0.3) is 0 Å². The lowest BCUT2D eigenvalue weighted by Gasteiger charge is -2.64. The summed E-state index contributed by atoms with van der Waals surface area (Å²) in [5.41, 5.74) is -1.44. The largest absolute Gasteiger partial charge is 0.462 e. The van der Waals surface area contributed by atoms with E-state index in [4.69, 9.17) is 28.4 Å². The number of carbonyl (C=O) groups is 3. The van der Waals surface area contributed by atoms with Crippen molar-refractivity contribution in [3.8, 4) is 0 Å². The van der Waals surface area contributed by atoms with Crippen molar-refractivity contribution >= 4 is 17.9 Å². The molecular formula is C26H34F2O9. The SMILES string of the molecule is CCC1(OC(=O)C(C)(F)F)C2CC3CC1CC(OCC(=O)OCCOC1C4CC5C(=O)OC1C5O4)(C3)C2. The molecule has 7 fully saturated rings. The summed E-state index contributed by atoms with van der Waals surface area (Å²) in [6, 6.07) is 0. The van der Waals surface area contributed by atoms with Gasteiger partial charge in [0.1, 0.15) is 31.0 Å². The van der Waals surface area contributed by atoms with Crippen molar-refractivity contribution < 1.29 is 51.6 Å². The third kappa shape index (κ3) is 4.16. The maximum Gasteiger partial charge on any atom is 0.377 e. The minimum Gasteiger partial charge on any atom is -0.462 e. The lowest BCUT2D eigenvalue weighted by atomic mass is 9.47. The number of ether oxygens (including phenoxy) is 6. The molecule has 0 aromatic carbocycles. The highest BCUT2D eigenvalue weighted by molar-refractivity contribution is 5.78. The normalized spacial score (nSPS) is 44.8. The van der Waals surface area contributed by atoms with E-state index in [2.05, 4.69) is 0 Å². The third-order valence-corrected chi connectivity index (χ3v) is 9.65. The highest BCUT2D eigenvalue weighted by Crippen LogP contribution is 2.63. The van der Waals surface area contributed by atoms with E-state index < -0.39 is 29.1 Å². The van der Waals surface area contributed by atoms with Crippen molar-refractivity contribution in [2.75, 3.05) is 19.8 Å². The molecule has 4 aliphatic carbocycles. The van der Waals surface area contributed by atoms with Crippen molar-refractivity contribution in [1.82, 2.24) is 0 Å². The zero-order valence-electron chi connectivity index (χ0n) is 21.1. The van der Waals surface area contributed by atoms with Gasteiger partial charge in [-0.1, -0.05) is 6.92 Å². The number of alkyl halides is 2. The molecule has 0 radical (unpaired) electrons. The summed E-state index contributed by atoms with van der Waals surface area (Å²) in [6.07, 6.45) is 3.51. The molecule has 0 aromatic rings. The van der Waals surface area contributed by atoms with Crippen LogP contribution in [0, 0.1) is 23.7 Å². The van der Waals surface area contributed by atoms with Gasteiger partial charge in [-0.25, -0.2) is 9.59 Å². The summed E-state index contributed by atoms with van der Waals surface area (Å²) in [5.74, 6) is -5.71. The zero-order valence-corrected chi connectivity index (χ0v) is 21.1. The van der Waals surface area contributed by atoms with E-state index in [0.717, 1.165) is 19.3 Å². The number of fused-ring (bicyclic) bond motifs is 1. The number of rotatable bonds is 10. The van der Waals surface area contributed by atoms with Crippen LogP contribution in [0.5, 0.6) is 0 Å². The highest BCUT2D eigenvalue weighted by atomic mass is 19.3. The Morgan fingerprint density at radius 1 is 1.08 bits per heavy atom. The van der Waals surface area contributed by atoms with Gasteiger partial charge in [-0.05, 0) is 50.9 Å². The second-order valence-corrected chi connectivity index (χ2v) is 11.8. The molecule has 3 aliphatic heterocycles. The van der Waals surface area contributed by atoms with Crippen LogP contribution in [0.1, 0.15) is 58.8 Å². The predicted octanol–water partition coefficient (Wildman–Crippen LogP) is 2.57. The van der Waals surface area contributed by atoms with Gasteiger partial charge in [-0.15, -0.1) is 0 Å². The van der Waals surface area contributed by atoms with Gasteiger partial charge in [-0.3, -0.25) is 4.79 Å². The Kier molecular flexibility index (Phi) is 6.08. The Morgan fingerprint density at radius 3 is 2.49 bits per heavy atom. The summed E-state index contributed by atoms with van der Waals surface area (Å²) < 4.78 is 61.3. The lowest BCUT2D eigenvalue weighted by molar-refractivity contribution is -0.261. The van der Waals surface area contributed by atoms with Crippen molar-refractivity contribution in [2.24, 2.45) is 23.7 Å². The Morgan fingerprint density at radius 2 is 1.81 bits per heavy atom. The molecule has 11 heteroatoms. The number of carbonyl (C=O) groups excluding carboxylic acids is 3. The van der Waals surface area contributed by atoms with Gasteiger partial charge in [0.15, 0.2) is 6.10 Å². The molecule has 7 rings (SSSR count). The molecule has 7 atom stereocenters. The first-order chi connectivity index (χ1) is 17.5. The van der Waals surface area contributed by atoms with E-state index in [1.807, 2.05) is 6.92 Å². The van der Waals surface area contributed by atoms with Crippen LogP contribution in [0.2, 0.25) is 0 Å². The molecule has 37 heavy (non-hydrogen) atoms. The molecule has 0 amide bonds. The van der Waals surface area contributed by atoms with E-state index >= 15 is 0 Å². The molecule has 0 N–H and O–H groups in total. The number of esters is 3. The van der Waals surface area contributed by atoms with Crippen LogP contribution in [-0.2, 0) is 42.8 Å². The summed E-state index contributed by atoms with van der Waals surface area (Å²) in [4.78, 5) is 36.3. The smallest absolute Gasteiger partial charge is 0.377 e. The fourth-order valence-electron chi connectivity index (χ4n) is 8.28. The molecule has 6 bridgehead atoms. The first-order valence-electron chi connectivity index (χ1n) is 13.4. The number of hydrogen-bond donors (Lipinski definition) is 0. The standard InChI is InChI=1S/C26H34F2O9/c1-3-26(37-23(31)24(2,27)28)14-6-13-7-15(26)11-25(9-13,10-14)34-12-18(29)32-4-5-33-20-17-8-16-19(35-17)21(20)36-22(16)30/h13-17,19-21H,3-12H2,1-2H3. The lowest BCUT2D eigenvalue weighted by Crippen LogP contribution is -2.66. The molecule has 7 aliphatic rings. The van der Waals surface area contributed by atoms with Crippen LogP contribution in [0.4, 0.5) is 8.78 Å². The van der Waals surface area contributed by atoms with Gasteiger partial charge < -0.3 is 28.4 Å². The van der Waals surface area contributed by atoms with E-state index in [1.165, 1.54) is 0 Å². The van der Waals surface area contributed by atoms with Crippen LogP contribution in [-0.4, -0.2) is 79.3 Å². The van der Waals surface area contributed by atoms with Crippen molar-refractivity contribution in [2.45, 2.75) is 100 Å². The van der Waals surface area contributed by atoms with Gasteiger partial charge >= 0.3 is 23.8 Å². The predicted molar refractivity (Wildman–Crippen MR) is 119 cm³/mol. The van der Waals surface area contributed by atoms with Crippen LogP contribution >= 0.6 is 0 Å². The third-order valence-electron chi connectivity index (χ3n) is 9.65. The minimum atomic E-state index is -3.53. The first-order valence-corrected chi connectivity index (χ1v) is 13.4. The van der Waals surface area contributed by atoms with Gasteiger partial charge in [0.2, 0.25) is 0 Å². The molecule has 3 heterocycles. The minimum absolute atomic E-state index is 0.0428. The van der Waals surface area contributed by atoms with Crippen molar-refractivity contribution in [3.05, 3.63) is 0 Å². The maximum absolute atomic E-state index is 13.6. The van der Waals surface area contributed by atoms with E-state index in [-0.39, 0.29) is 68.0 Å². The Hall–Kier alpha value is -1.85. The van der Waals surface area contributed by atoms with Crippen LogP contribution in [0.15, 0.2) is 0 Å².